The molecular formula is C46H56O5S. The van der Waals surface area contributed by atoms with E-state index in [0.717, 1.165) is 46.4 Å². The van der Waals surface area contributed by atoms with E-state index in [4.69, 9.17) is 9.47 Å². The minimum atomic E-state index is -0.414. The van der Waals surface area contributed by atoms with Crippen LogP contribution in [0.1, 0.15) is 118 Å². The number of ketones is 1. The highest BCUT2D eigenvalue weighted by Gasteiger charge is 2.12. The third kappa shape index (κ3) is 14.8. The lowest BCUT2D eigenvalue weighted by atomic mass is 9.98. The van der Waals surface area contributed by atoms with Crippen LogP contribution in [0.2, 0.25) is 0 Å². The summed E-state index contributed by atoms with van der Waals surface area (Å²) >= 11 is 1.40. The summed E-state index contributed by atoms with van der Waals surface area (Å²) in [5.41, 5.74) is 5.32. The van der Waals surface area contributed by atoms with Crippen LogP contribution in [0.15, 0.2) is 97.1 Å². The van der Waals surface area contributed by atoms with Gasteiger partial charge in [-0.15, -0.1) is 0 Å². The molecule has 0 aliphatic rings. The number of benzene rings is 4. The lowest BCUT2D eigenvalue weighted by Gasteiger charge is -2.09. The van der Waals surface area contributed by atoms with Crippen molar-refractivity contribution in [2.45, 2.75) is 116 Å². The Hall–Kier alpha value is -4.16. The maximum atomic E-state index is 12.8. The van der Waals surface area contributed by atoms with E-state index in [1.54, 1.807) is 24.3 Å². The van der Waals surface area contributed by atoms with E-state index < -0.39 is 5.97 Å². The number of carbonyl (C=O) groups excluding carboxylic acids is 3. The molecule has 5 nitrogen and oxygen atoms in total. The summed E-state index contributed by atoms with van der Waals surface area (Å²) in [6.07, 6.45) is 15.0. The van der Waals surface area contributed by atoms with E-state index in [1.165, 1.54) is 69.5 Å². The maximum Gasteiger partial charge on any atom is 0.343 e. The van der Waals surface area contributed by atoms with Gasteiger partial charge < -0.3 is 9.47 Å². The first-order valence-electron chi connectivity index (χ1n) is 19.3. The first-order valence-corrected chi connectivity index (χ1v) is 20.1. The van der Waals surface area contributed by atoms with Gasteiger partial charge in [0.05, 0.1) is 12.2 Å². The van der Waals surface area contributed by atoms with Crippen molar-refractivity contribution in [2.75, 3.05) is 6.61 Å². The number of rotatable bonds is 23. The Morgan fingerprint density at radius 3 is 1.56 bits per heavy atom. The third-order valence-electron chi connectivity index (χ3n) is 9.29. The predicted octanol–water partition coefficient (Wildman–Crippen LogP) is 11.8. The van der Waals surface area contributed by atoms with Gasteiger partial charge in [0.1, 0.15) is 17.3 Å². The minimum Gasteiger partial charge on any atom is -0.494 e. The molecule has 4 aromatic rings. The molecule has 0 N–H and O–H groups in total. The van der Waals surface area contributed by atoms with Gasteiger partial charge in [0.15, 0.2) is 5.12 Å². The Kier molecular flexibility index (Phi) is 17.7. The Balaban J connectivity index is 1.15. The highest BCUT2D eigenvalue weighted by atomic mass is 32.2. The van der Waals surface area contributed by atoms with Crippen molar-refractivity contribution < 1.29 is 23.9 Å². The fourth-order valence-electron chi connectivity index (χ4n) is 5.97. The molecule has 0 aliphatic heterocycles. The largest absolute Gasteiger partial charge is 0.494 e. The molecule has 1 unspecified atom stereocenters. The van der Waals surface area contributed by atoms with E-state index in [0.29, 0.717) is 42.4 Å². The molecular weight excluding hydrogens is 665 g/mol. The van der Waals surface area contributed by atoms with Crippen molar-refractivity contribution in [1.29, 1.82) is 0 Å². The molecule has 6 heteroatoms. The molecule has 0 aliphatic carbocycles. The zero-order chi connectivity index (χ0) is 37.0. The summed E-state index contributed by atoms with van der Waals surface area (Å²) in [6, 6.07) is 30.3. The van der Waals surface area contributed by atoms with Gasteiger partial charge in [-0.05, 0) is 77.1 Å². The molecule has 4 aromatic carbocycles. The second kappa shape index (κ2) is 22.7. The fraction of sp³-hybridized carbons (Fsp3) is 0.413. The van der Waals surface area contributed by atoms with Gasteiger partial charge in [0.25, 0.3) is 0 Å². The molecule has 0 spiro atoms. The molecule has 0 saturated heterocycles. The molecule has 0 heterocycles. The van der Waals surface area contributed by atoms with E-state index in [9.17, 15) is 14.4 Å². The van der Waals surface area contributed by atoms with Crippen molar-refractivity contribution in [3.8, 4) is 22.6 Å². The highest BCUT2D eigenvalue weighted by molar-refractivity contribution is 8.14. The van der Waals surface area contributed by atoms with Crippen LogP contribution in [0.4, 0.5) is 0 Å². The van der Waals surface area contributed by atoms with Gasteiger partial charge in [-0.25, -0.2) is 4.79 Å². The van der Waals surface area contributed by atoms with E-state index in [2.05, 4.69) is 20.8 Å². The van der Waals surface area contributed by atoms with Crippen LogP contribution in [0.5, 0.6) is 11.5 Å². The molecule has 52 heavy (non-hydrogen) atoms. The molecule has 4 rings (SSSR count). The summed E-state index contributed by atoms with van der Waals surface area (Å²) in [6.45, 7) is 7.11. The molecule has 0 bridgehead atoms. The SMILES string of the molecule is CCCCCCCCCCCCOc1ccc(OC(=O)c2ccc(-c3ccc(CC(=O)Cc4ccc(CC(=O)SC(C)CC)cc4)cc3)cc2)cc1. The zero-order valence-corrected chi connectivity index (χ0v) is 32.2. The van der Waals surface area contributed by atoms with Crippen LogP contribution in [-0.2, 0) is 28.9 Å². The predicted molar refractivity (Wildman–Crippen MR) is 216 cm³/mol. The quantitative estimate of drug-likeness (QED) is 0.0432. The first-order chi connectivity index (χ1) is 25.3. The number of carbonyl (C=O) groups is 3. The van der Waals surface area contributed by atoms with Crippen molar-refractivity contribution in [3.05, 3.63) is 119 Å². The molecule has 0 radical (unpaired) electrons. The molecule has 0 saturated carbocycles. The molecule has 0 amide bonds. The summed E-state index contributed by atoms with van der Waals surface area (Å²) in [5.74, 6) is 0.981. The highest BCUT2D eigenvalue weighted by Crippen LogP contribution is 2.24. The summed E-state index contributed by atoms with van der Waals surface area (Å²) in [5, 5.41) is 0.506. The average Bonchev–Trinajstić information content (AvgIpc) is 3.15. The Labute approximate surface area is 315 Å². The number of Topliss-reactive ketones (excluding diaryl/α,β-unsaturated/α-hetero) is 1. The number of hydrogen-bond donors (Lipinski definition) is 0. The Morgan fingerprint density at radius 2 is 1.02 bits per heavy atom. The van der Waals surface area contributed by atoms with Gasteiger partial charge >= 0.3 is 5.97 Å². The average molecular weight is 721 g/mol. The summed E-state index contributed by atoms with van der Waals surface area (Å²) in [4.78, 5) is 37.9. The minimum absolute atomic E-state index is 0.137. The number of thioether (sulfide) groups is 1. The van der Waals surface area contributed by atoms with Gasteiger partial charge in [0, 0.05) is 24.5 Å². The third-order valence-corrected chi connectivity index (χ3v) is 10.4. The summed E-state index contributed by atoms with van der Waals surface area (Å²) < 4.78 is 11.5. The lowest BCUT2D eigenvalue weighted by molar-refractivity contribution is -0.117. The Morgan fingerprint density at radius 1 is 0.558 bits per heavy atom. The van der Waals surface area contributed by atoms with Crippen LogP contribution in [0, 0.1) is 0 Å². The zero-order valence-electron chi connectivity index (χ0n) is 31.4. The van der Waals surface area contributed by atoms with Crippen molar-refractivity contribution in [1.82, 2.24) is 0 Å². The van der Waals surface area contributed by atoms with Crippen molar-refractivity contribution in [3.63, 3.8) is 0 Å². The number of ether oxygens (including phenoxy) is 2. The normalized spacial score (nSPS) is 11.6. The topological polar surface area (TPSA) is 69.7 Å². The number of esters is 1. The van der Waals surface area contributed by atoms with Crippen molar-refractivity contribution in [2.24, 2.45) is 0 Å². The molecule has 0 fully saturated rings. The molecule has 1 atom stereocenters. The lowest BCUT2D eigenvalue weighted by Crippen LogP contribution is -2.08. The van der Waals surface area contributed by atoms with E-state index in [1.807, 2.05) is 72.8 Å². The van der Waals surface area contributed by atoms with Gasteiger partial charge in [-0.2, -0.15) is 0 Å². The monoisotopic (exact) mass is 720 g/mol. The molecule has 0 aromatic heterocycles. The summed E-state index contributed by atoms with van der Waals surface area (Å²) in [7, 11) is 0. The van der Waals surface area contributed by atoms with Gasteiger partial charge in [-0.3, -0.25) is 9.59 Å². The van der Waals surface area contributed by atoms with E-state index >= 15 is 0 Å². The van der Waals surface area contributed by atoms with Gasteiger partial charge in [-0.1, -0.05) is 151 Å². The first kappa shape index (κ1) is 40.6. The second-order valence-electron chi connectivity index (χ2n) is 13.8. The van der Waals surface area contributed by atoms with Crippen LogP contribution < -0.4 is 9.47 Å². The van der Waals surface area contributed by atoms with Gasteiger partial charge in [0.2, 0.25) is 0 Å². The van der Waals surface area contributed by atoms with Crippen molar-refractivity contribution >= 4 is 28.6 Å². The standard InChI is InChI=1S/C46H56O5S/c1-4-6-7-8-9-10-11-12-13-14-31-50-43-27-29-44(30-28-43)51-46(49)41-25-23-40(24-26-41)39-21-19-37(20-22-39)33-42(47)32-36-15-17-38(18-16-36)34-45(48)52-35(3)5-2/h15-30,35H,4-14,31-34H2,1-3H3. The van der Waals surface area contributed by atoms with Crippen LogP contribution >= 0.6 is 11.8 Å². The van der Waals surface area contributed by atoms with Crippen LogP contribution in [0.25, 0.3) is 11.1 Å². The maximum absolute atomic E-state index is 12.8. The Bertz CT molecular complexity index is 1640. The van der Waals surface area contributed by atoms with Crippen LogP contribution in [0.3, 0.4) is 0 Å². The second-order valence-corrected chi connectivity index (χ2v) is 15.3. The number of hydrogen-bond acceptors (Lipinski definition) is 6. The molecule has 276 valence electrons. The smallest absolute Gasteiger partial charge is 0.343 e. The van der Waals surface area contributed by atoms with E-state index in [-0.39, 0.29) is 10.9 Å². The fourth-order valence-corrected chi connectivity index (χ4v) is 6.84. The van der Waals surface area contributed by atoms with Crippen LogP contribution in [-0.4, -0.2) is 28.7 Å². The number of unbranched alkanes of at least 4 members (excludes halogenated alkanes) is 9.